The topological polar surface area (TPSA) is 104 Å². The number of benzene rings is 2. The number of hydrogen-bond donors (Lipinski definition) is 3. The van der Waals surface area contributed by atoms with Crippen molar-refractivity contribution >= 4 is 11.9 Å². The highest BCUT2D eigenvalue weighted by atomic mass is 16.5. The van der Waals surface area contributed by atoms with Gasteiger partial charge in [0.25, 0.3) is 0 Å². The van der Waals surface area contributed by atoms with Gasteiger partial charge in [0, 0.05) is 0 Å². The lowest BCUT2D eigenvalue weighted by Gasteiger charge is -2.11. The first-order valence-corrected chi connectivity index (χ1v) is 6.97. The van der Waals surface area contributed by atoms with Crippen molar-refractivity contribution in [2.24, 2.45) is 0 Å². The van der Waals surface area contributed by atoms with Crippen molar-refractivity contribution in [2.75, 3.05) is 0 Å². The number of phenolic OH excluding ortho intramolecular Hbond substituents is 1. The fraction of sp³-hybridized carbons (Fsp3) is 0.176. The van der Waals surface area contributed by atoms with Gasteiger partial charge in [0.2, 0.25) is 0 Å². The smallest absolute Gasteiger partial charge is 0.340 e. The second kappa shape index (κ2) is 8.43. The molecule has 0 saturated carbocycles. The number of para-hydroxylation sites is 2. The number of ether oxygens (including phenoxy) is 1. The molecule has 0 aromatic heterocycles. The third-order valence-electron chi connectivity index (χ3n) is 2.56. The molecule has 0 fully saturated rings. The van der Waals surface area contributed by atoms with Gasteiger partial charge >= 0.3 is 11.9 Å². The van der Waals surface area contributed by atoms with E-state index in [0.717, 1.165) is 0 Å². The van der Waals surface area contributed by atoms with Gasteiger partial charge in [0.15, 0.2) is 11.5 Å². The quantitative estimate of drug-likeness (QED) is 0.787. The van der Waals surface area contributed by atoms with E-state index in [-0.39, 0.29) is 22.8 Å². The average Bonchev–Trinajstić information content (AvgIpc) is 2.50. The van der Waals surface area contributed by atoms with E-state index < -0.39 is 17.5 Å². The third-order valence-corrected chi connectivity index (χ3v) is 2.56. The standard InChI is InChI=1S/C14H10O6.C3H8/c15-9-5-1-2-6-10(9)20-11-7-3-4-8(13(16)17)12(11)14(18)19;1-3-2/h1-7,15H,(H,16,17)(H,18,19);3H2,1-2H3. The maximum atomic E-state index is 11.2. The molecule has 0 saturated heterocycles. The van der Waals surface area contributed by atoms with E-state index in [1.54, 1.807) is 12.1 Å². The Bertz CT molecular complexity index is 693. The van der Waals surface area contributed by atoms with E-state index in [4.69, 9.17) is 14.9 Å². The summed E-state index contributed by atoms with van der Waals surface area (Å²) in [6.07, 6.45) is 1.25. The van der Waals surface area contributed by atoms with E-state index in [1.807, 2.05) is 0 Å². The van der Waals surface area contributed by atoms with Gasteiger partial charge in [-0.3, -0.25) is 0 Å². The summed E-state index contributed by atoms with van der Waals surface area (Å²) >= 11 is 0. The van der Waals surface area contributed by atoms with Crippen molar-refractivity contribution in [1.82, 2.24) is 0 Å². The van der Waals surface area contributed by atoms with Crippen LogP contribution >= 0.6 is 0 Å². The van der Waals surface area contributed by atoms with Crippen LogP contribution in [0.1, 0.15) is 41.0 Å². The van der Waals surface area contributed by atoms with Crippen LogP contribution < -0.4 is 4.74 Å². The first kappa shape index (κ1) is 18.0. The largest absolute Gasteiger partial charge is 0.504 e. The molecule has 0 amide bonds. The summed E-state index contributed by atoms with van der Waals surface area (Å²) in [4.78, 5) is 22.2. The molecule has 3 N–H and O–H groups in total. The second-order valence-electron chi connectivity index (χ2n) is 4.57. The predicted octanol–water partition coefficient (Wildman–Crippen LogP) is 4.00. The lowest BCUT2D eigenvalue weighted by molar-refractivity contribution is 0.0649. The number of rotatable bonds is 4. The highest BCUT2D eigenvalue weighted by Gasteiger charge is 2.21. The van der Waals surface area contributed by atoms with Gasteiger partial charge in [-0.15, -0.1) is 0 Å². The SMILES string of the molecule is CCC.O=C(O)c1cccc(Oc2ccccc2O)c1C(=O)O. The maximum absolute atomic E-state index is 11.2. The zero-order valence-corrected chi connectivity index (χ0v) is 12.8. The van der Waals surface area contributed by atoms with Crippen LogP contribution in [0.5, 0.6) is 17.2 Å². The van der Waals surface area contributed by atoms with Crippen molar-refractivity contribution in [1.29, 1.82) is 0 Å². The molecule has 2 aromatic carbocycles. The van der Waals surface area contributed by atoms with Gasteiger partial charge in [0.1, 0.15) is 11.3 Å². The van der Waals surface area contributed by atoms with Gasteiger partial charge in [-0.05, 0) is 24.3 Å². The minimum atomic E-state index is -1.42. The average molecular weight is 318 g/mol. The highest BCUT2D eigenvalue weighted by molar-refractivity contribution is 6.03. The Kier molecular flexibility index (Phi) is 6.61. The lowest BCUT2D eigenvalue weighted by atomic mass is 10.1. The number of hydrogen-bond acceptors (Lipinski definition) is 4. The molecule has 0 unspecified atom stereocenters. The second-order valence-corrected chi connectivity index (χ2v) is 4.57. The van der Waals surface area contributed by atoms with Crippen molar-refractivity contribution in [3.8, 4) is 17.2 Å². The van der Waals surface area contributed by atoms with Crippen molar-refractivity contribution in [3.63, 3.8) is 0 Å². The molecular weight excluding hydrogens is 300 g/mol. The normalized spacial score (nSPS) is 9.48. The monoisotopic (exact) mass is 318 g/mol. The van der Waals surface area contributed by atoms with Crippen LogP contribution in [0.2, 0.25) is 0 Å². The molecule has 0 bridgehead atoms. The van der Waals surface area contributed by atoms with E-state index in [9.17, 15) is 14.7 Å². The van der Waals surface area contributed by atoms with E-state index in [0.29, 0.717) is 0 Å². The predicted molar refractivity (Wildman–Crippen MR) is 84.5 cm³/mol. The van der Waals surface area contributed by atoms with Gasteiger partial charge in [-0.2, -0.15) is 0 Å². The number of carboxylic acid groups (broad SMARTS) is 2. The molecule has 0 spiro atoms. The number of aromatic hydroxyl groups is 1. The molecule has 6 heteroatoms. The van der Waals surface area contributed by atoms with Crippen LogP contribution in [-0.2, 0) is 0 Å². The van der Waals surface area contributed by atoms with Crippen molar-refractivity contribution < 1.29 is 29.6 Å². The summed E-state index contributed by atoms with van der Waals surface area (Å²) in [5.41, 5.74) is -0.853. The van der Waals surface area contributed by atoms with Gasteiger partial charge in [0.05, 0.1) is 5.56 Å². The highest BCUT2D eigenvalue weighted by Crippen LogP contribution is 2.33. The molecule has 6 nitrogen and oxygen atoms in total. The van der Waals surface area contributed by atoms with Crippen LogP contribution in [0, 0.1) is 0 Å². The molecule has 122 valence electrons. The molecule has 0 aliphatic carbocycles. The minimum absolute atomic E-state index is 0.0394. The maximum Gasteiger partial charge on any atom is 0.340 e. The zero-order valence-electron chi connectivity index (χ0n) is 12.8. The zero-order chi connectivity index (χ0) is 17.4. The van der Waals surface area contributed by atoms with Crippen LogP contribution in [0.3, 0.4) is 0 Å². The Morgan fingerprint density at radius 2 is 1.48 bits per heavy atom. The Balaban J connectivity index is 0.000000816. The summed E-state index contributed by atoms with van der Waals surface area (Å²) < 4.78 is 5.30. The van der Waals surface area contributed by atoms with Crippen molar-refractivity contribution in [3.05, 3.63) is 53.6 Å². The number of carboxylic acids is 2. The summed E-state index contributed by atoms with van der Waals surface area (Å²) in [5.74, 6) is -3.08. The van der Waals surface area contributed by atoms with Crippen LogP contribution in [0.25, 0.3) is 0 Å². The fourth-order valence-corrected chi connectivity index (χ4v) is 1.68. The molecular formula is C17H18O6. The number of phenols is 1. The Labute approximate surface area is 133 Å². The number of carbonyl (C=O) groups is 2. The Morgan fingerprint density at radius 3 is 2.00 bits per heavy atom. The molecule has 0 atom stereocenters. The Morgan fingerprint density at radius 1 is 0.913 bits per heavy atom. The minimum Gasteiger partial charge on any atom is -0.504 e. The van der Waals surface area contributed by atoms with Crippen LogP contribution in [0.4, 0.5) is 0 Å². The van der Waals surface area contributed by atoms with Gasteiger partial charge in [-0.1, -0.05) is 38.5 Å². The van der Waals surface area contributed by atoms with Gasteiger partial charge < -0.3 is 20.1 Å². The molecule has 0 aliphatic heterocycles. The first-order chi connectivity index (χ1) is 10.9. The van der Waals surface area contributed by atoms with E-state index in [1.165, 1.54) is 36.8 Å². The molecule has 0 aliphatic rings. The van der Waals surface area contributed by atoms with Gasteiger partial charge in [-0.25, -0.2) is 9.59 Å². The molecule has 2 rings (SSSR count). The van der Waals surface area contributed by atoms with Crippen molar-refractivity contribution in [2.45, 2.75) is 20.3 Å². The molecule has 0 radical (unpaired) electrons. The first-order valence-electron chi connectivity index (χ1n) is 6.97. The lowest BCUT2D eigenvalue weighted by Crippen LogP contribution is -2.09. The summed E-state index contributed by atoms with van der Waals surface area (Å²) in [7, 11) is 0. The Hall–Kier alpha value is -3.02. The fourth-order valence-electron chi connectivity index (χ4n) is 1.68. The van der Waals surface area contributed by atoms with E-state index >= 15 is 0 Å². The summed E-state index contributed by atoms with van der Waals surface area (Å²) in [6.45, 7) is 4.25. The molecule has 2 aromatic rings. The summed E-state index contributed by atoms with van der Waals surface area (Å²) in [6, 6.07) is 9.84. The van der Waals surface area contributed by atoms with Crippen LogP contribution in [-0.4, -0.2) is 27.3 Å². The summed E-state index contributed by atoms with van der Waals surface area (Å²) in [5, 5.41) is 27.7. The number of aromatic carboxylic acids is 2. The van der Waals surface area contributed by atoms with Crippen LogP contribution in [0.15, 0.2) is 42.5 Å². The third kappa shape index (κ3) is 4.74. The molecule has 23 heavy (non-hydrogen) atoms. The molecule has 0 heterocycles. The van der Waals surface area contributed by atoms with E-state index in [2.05, 4.69) is 13.8 Å².